The first-order valence-electron chi connectivity index (χ1n) is 6.72. The second-order valence-electron chi connectivity index (χ2n) is 4.96. The van der Waals surface area contributed by atoms with Gasteiger partial charge < -0.3 is 9.52 Å². The van der Waals surface area contributed by atoms with Gasteiger partial charge in [-0.1, -0.05) is 0 Å². The average molecular weight is 340 g/mol. The van der Waals surface area contributed by atoms with Crippen molar-refractivity contribution in [2.75, 3.05) is 0 Å². The number of hydrogen-bond donors (Lipinski definition) is 2. The maximum Gasteiger partial charge on any atom is 0.283 e. The van der Waals surface area contributed by atoms with E-state index in [1.165, 1.54) is 41.1 Å². The van der Waals surface area contributed by atoms with E-state index in [9.17, 15) is 14.7 Å². The van der Waals surface area contributed by atoms with Gasteiger partial charge >= 0.3 is 0 Å². The number of phenols is 1. The number of nitrogens with zero attached hydrogens (tertiary/aromatic N) is 3. The number of nitrogens with one attached hydrogen (secondary N) is 1. The topological polar surface area (TPSA) is 119 Å². The van der Waals surface area contributed by atoms with E-state index >= 15 is 0 Å². The van der Waals surface area contributed by atoms with Crippen molar-refractivity contribution in [1.29, 1.82) is 5.41 Å². The molecule has 4 rings (SSSR count). The van der Waals surface area contributed by atoms with Crippen molar-refractivity contribution >= 4 is 51.3 Å². The Balaban J connectivity index is 1.87. The van der Waals surface area contributed by atoms with Crippen LogP contribution < -0.4 is 5.43 Å². The van der Waals surface area contributed by atoms with E-state index in [0.717, 1.165) is 11.8 Å². The SMILES string of the molecule is N=C1C(=Cc2coc3ccc(O)cc3c2=O)C(=O)N=C2SC=NN12. The fourth-order valence-electron chi connectivity index (χ4n) is 2.33. The van der Waals surface area contributed by atoms with Crippen LogP contribution in [0.5, 0.6) is 5.75 Å². The van der Waals surface area contributed by atoms with Crippen LogP contribution in [0.1, 0.15) is 5.56 Å². The number of hydrazone groups is 1. The van der Waals surface area contributed by atoms with Crippen molar-refractivity contribution in [2.45, 2.75) is 0 Å². The van der Waals surface area contributed by atoms with Crippen LogP contribution in [-0.2, 0) is 4.79 Å². The lowest BCUT2D eigenvalue weighted by molar-refractivity contribution is -0.114. The molecule has 0 bridgehead atoms. The van der Waals surface area contributed by atoms with Crippen molar-refractivity contribution in [1.82, 2.24) is 5.01 Å². The van der Waals surface area contributed by atoms with E-state index < -0.39 is 11.3 Å². The largest absolute Gasteiger partial charge is 0.508 e. The third kappa shape index (κ3) is 2.14. The molecule has 1 aromatic heterocycles. The molecule has 0 unspecified atom stereocenters. The number of carbonyl (C=O) groups excluding carboxylic acids is 1. The van der Waals surface area contributed by atoms with Crippen LogP contribution in [0.2, 0.25) is 0 Å². The van der Waals surface area contributed by atoms with Crippen LogP contribution in [0, 0.1) is 5.41 Å². The van der Waals surface area contributed by atoms with Gasteiger partial charge in [0.2, 0.25) is 0 Å². The highest BCUT2D eigenvalue weighted by Crippen LogP contribution is 2.25. The van der Waals surface area contributed by atoms with Gasteiger partial charge in [-0.2, -0.15) is 15.1 Å². The Kier molecular flexibility index (Phi) is 3.10. The summed E-state index contributed by atoms with van der Waals surface area (Å²) in [6.07, 6.45) is 2.45. The Morgan fingerprint density at radius 2 is 2.17 bits per heavy atom. The van der Waals surface area contributed by atoms with Crippen molar-refractivity contribution in [3.8, 4) is 5.75 Å². The molecule has 0 radical (unpaired) electrons. The molecule has 3 heterocycles. The Morgan fingerprint density at radius 1 is 1.33 bits per heavy atom. The first-order chi connectivity index (χ1) is 11.5. The zero-order chi connectivity index (χ0) is 16.8. The Labute approximate surface area is 138 Å². The smallest absolute Gasteiger partial charge is 0.283 e. The minimum Gasteiger partial charge on any atom is -0.508 e. The molecule has 0 spiro atoms. The third-order valence-electron chi connectivity index (χ3n) is 3.48. The number of rotatable bonds is 1. The van der Waals surface area contributed by atoms with Gasteiger partial charge in [-0.25, -0.2) is 0 Å². The molecule has 0 saturated heterocycles. The molecule has 2 aliphatic heterocycles. The second-order valence-corrected chi connectivity index (χ2v) is 5.77. The molecule has 8 nitrogen and oxygen atoms in total. The molecule has 24 heavy (non-hydrogen) atoms. The molecule has 9 heteroatoms. The van der Waals surface area contributed by atoms with Crippen LogP contribution in [0.25, 0.3) is 17.0 Å². The molecule has 0 atom stereocenters. The molecular formula is C15H8N4O4S. The first kappa shape index (κ1) is 14.4. The first-order valence-corrected chi connectivity index (χ1v) is 7.60. The number of amidine groups is 2. The minimum atomic E-state index is -0.625. The highest BCUT2D eigenvalue weighted by molar-refractivity contribution is 8.25. The average Bonchev–Trinajstić information content (AvgIpc) is 3.02. The molecule has 118 valence electrons. The van der Waals surface area contributed by atoms with E-state index in [2.05, 4.69) is 10.1 Å². The van der Waals surface area contributed by atoms with Gasteiger partial charge in [0.25, 0.3) is 5.91 Å². The summed E-state index contributed by atoms with van der Waals surface area (Å²) in [5.74, 6) is -0.861. The summed E-state index contributed by atoms with van der Waals surface area (Å²) >= 11 is 1.14. The Morgan fingerprint density at radius 3 is 3.00 bits per heavy atom. The summed E-state index contributed by atoms with van der Waals surface area (Å²) in [6.45, 7) is 0. The summed E-state index contributed by atoms with van der Waals surface area (Å²) in [6, 6.07) is 4.17. The van der Waals surface area contributed by atoms with Crippen LogP contribution in [0.4, 0.5) is 0 Å². The molecule has 0 fully saturated rings. The molecule has 0 aliphatic carbocycles. The zero-order valence-corrected chi connectivity index (χ0v) is 12.7. The lowest BCUT2D eigenvalue weighted by Gasteiger charge is -2.20. The summed E-state index contributed by atoms with van der Waals surface area (Å²) in [5.41, 5.74) is 1.37. The third-order valence-corrected chi connectivity index (χ3v) is 4.15. The maximum absolute atomic E-state index is 12.5. The van der Waals surface area contributed by atoms with E-state index in [-0.39, 0.29) is 28.1 Å². The van der Waals surface area contributed by atoms with Crippen molar-refractivity contribution < 1.29 is 14.3 Å². The standard InChI is InChI=1S/C15H8N4O4S/c16-13-10(14(22)18-15-19(13)17-6-24-15)3-7-5-23-11-2-1-8(20)4-9(11)12(7)21/h1-6,16,20H. The molecule has 1 amide bonds. The van der Waals surface area contributed by atoms with Gasteiger partial charge in [-0.3, -0.25) is 15.0 Å². The summed E-state index contributed by atoms with van der Waals surface area (Å²) < 4.78 is 5.36. The summed E-state index contributed by atoms with van der Waals surface area (Å²) in [5, 5.41) is 23.2. The molecular weight excluding hydrogens is 332 g/mol. The van der Waals surface area contributed by atoms with Gasteiger partial charge in [0.05, 0.1) is 22.1 Å². The summed E-state index contributed by atoms with van der Waals surface area (Å²) in [4.78, 5) is 28.5. The highest BCUT2D eigenvalue weighted by atomic mass is 32.2. The number of carbonyl (C=O) groups is 1. The van der Waals surface area contributed by atoms with E-state index in [1.807, 2.05) is 0 Å². The normalized spacial score (nSPS) is 18.4. The van der Waals surface area contributed by atoms with E-state index in [0.29, 0.717) is 10.8 Å². The molecule has 1 aromatic carbocycles. The summed E-state index contributed by atoms with van der Waals surface area (Å²) in [7, 11) is 0. The predicted molar refractivity (Wildman–Crippen MR) is 90.2 cm³/mol. The van der Waals surface area contributed by atoms with Crippen LogP contribution in [0.3, 0.4) is 0 Å². The quantitative estimate of drug-likeness (QED) is 0.763. The lowest BCUT2D eigenvalue weighted by atomic mass is 10.1. The van der Waals surface area contributed by atoms with Crippen LogP contribution in [-0.4, -0.2) is 32.6 Å². The van der Waals surface area contributed by atoms with Gasteiger partial charge in [-0.15, -0.1) is 0 Å². The Bertz CT molecular complexity index is 1070. The van der Waals surface area contributed by atoms with E-state index in [4.69, 9.17) is 9.83 Å². The zero-order valence-electron chi connectivity index (χ0n) is 11.9. The van der Waals surface area contributed by atoms with Crippen molar-refractivity contribution in [3.05, 3.63) is 45.8 Å². The predicted octanol–water partition coefficient (Wildman–Crippen LogP) is 1.75. The van der Waals surface area contributed by atoms with E-state index in [1.54, 1.807) is 0 Å². The second kappa shape index (κ2) is 5.17. The molecule has 2 aliphatic rings. The van der Waals surface area contributed by atoms with Crippen molar-refractivity contribution in [2.24, 2.45) is 10.1 Å². The molecule has 2 N–H and O–H groups in total. The number of benzene rings is 1. The van der Waals surface area contributed by atoms with Crippen molar-refractivity contribution in [3.63, 3.8) is 0 Å². The molecule has 0 saturated carbocycles. The maximum atomic E-state index is 12.5. The number of aliphatic imine (C=N–C) groups is 1. The number of amides is 1. The van der Waals surface area contributed by atoms with Gasteiger partial charge in [-0.05, 0) is 36.0 Å². The number of thioether (sulfide) groups is 1. The van der Waals surface area contributed by atoms with Gasteiger partial charge in [0.15, 0.2) is 16.4 Å². The lowest BCUT2D eigenvalue weighted by Crippen LogP contribution is -2.35. The number of fused-ring (bicyclic) bond motifs is 2. The molecule has 2 aromatic rings. The fraction of sp³-hybridized carbons (Fsp3) is 0. The number of phenolic OH excluding ortho intramolecular Hbond substituents is 1. The van der Waals surface area contributed by atoms with Gasteiger partial charge in [0, 0.05) is 0 Å². The van der Waals surface area contributed by atoms with Gasteiger partial charge in [0.1, 0.15) is 17.6 Å². The fourth-order valence-corrected chi connectivity index (χ4v) is 2.94. The Hall–Kier alpha value is -3.20. The highest BCUT2D eigenvalue weighted by Gasteiger charge is 2.32. The van der Waals surface area contributed by atoms with Crippen LogP contribution >= 0.6 is 11.8 Å². The van der Waals surface area contributed by atoms with Crippen LogP contribution in [0.15, 0.2) is 49.3 Å². The number of aromatic hydroxyl groups is 1. The monoisotopic (exact) mass is 340 g/mol. The number of hydrogen-bond acceptors (Lipinski definition) is 7. The minimum absolute atomic E-state index is 0.0646.